The molecular formula is C16H22ClN7O2. The number of carbonyl (C=O) groups is 1. The number of tetrazole rings is 1. The minimum Gasteiger partial charge on any atom is -0.294 e. The predicted molar refractivity (Wildman–Crippen MR) is 96.5 cm³/mol. The minimum atomic E-state index is -0.671. The van der Waals surface area contributed by atoms with E-state index in [1.165, 1.54) is 4.68 Å². The lowest BCUT2D eigenvalue weighted by atomic mass is 10.0. The molecule has 9 nitrogen and oxygen atoms in total. The Balaban J connectivity index is 2.02. The van der Waals surface area contributed by atoms with Crippen LogP contribution in [0.5, 0.6) is 0 Å². The van der Waals surface area contributed by atoms with E-state index >= 15 is 0 Å². The van der Waals surface area contributed by atoms with Crippen molar-refractivity contribution in [2.24, 2.45) is 7.05 Å². The smallest absolute Gasteiger partial charge is 0.294 e. The Morgan fingerprint density at radius 2 is 2.04 bits per heavy atom. The van der Waals surface area contributed by atoms with Crippen LogP contribution in [-0.2, 0) is 7.05 Å². The Hall–Kier alpha value is -2.42. The van der Waals surface area contributed by atoms with Gasteiger partial charge in [0.2, 0.25) is 0 Å². The van der Waals surface area contributed by atoms with Gasteiger partial charge in [0.1, 0.15) is 5.69 Å². The molecule has 26 heavy (non-hydrogen) atoms. The van der Waals surface area contributed by atoms with Gasteiger partial charge in [-0.2, -0.15) is 9.78 Å². The number of allylic oxidation sites excluding steroid dienone is 2. The van der Waals surface area contributed by atoms with Gasteiger partial charge in [-0.1, -0.05) is 17.7 Å². The molecule has 3 rings (SSSR count). The summed E-state index contributed by atoms with van der Waals surface area (Å²) < 4.78 is 3.22. The number of hydrogen-bond acceptors (Lipinski definition) is 5. The van der Waals surface area contributed by atoms with Crippen LogP contribution in [0.15, 0.2) is 16.6 Å². The van der Waals surface area contributed by atoms with Gasteiger partial charge in [-0.15, -0.1) is 4.68 Å². The molecule has 10 heteroatoms. The van der Waals surface area contributed by atoms with Gasteiger partial charge in [-0.3, -0.25) is 9.58 Å². The zero-order chi connectivity index (χ0) is 19.0. The van der Waals surface area contributed by atoms with E-state index in [1.807, 2.05) is 13.8 Å². The van der Waals surface area contributed by atoms with Crippen molar-refractivity contribution in [1.82, 2.24) is 34.5 Å². The van der Waals surface area contributed by atoms with Crippen LogP contribution in [0.25, 0.3) is 5.69 Å². The number of hydrogen-bond donors (Lipinski definition) is 0. The lowest BCUT2D eigenvalue weighted by Crippen LogP contribution is -2.44. The van der Waals surface area contributed by atoms with Crippen molar-refractivity contribution in [1.29, 1.82) is 0 Å². The molecule has 2 aromatic rings. The number of halogens is 1. The van der Waals surface area contributed by atoms with Crippen LogP contribution in [0.4, 0.5) is 4.79 Å². The van der Waals surface area contributed by atoms with Crippen molar-refractivity contribution < 1.29 is 4.79 Å². The minimum absolute atomic E-state index is 0.104. The maximum atomic E-state index is 13.0. The number of aromatic nitrogens is 6. The summed E-state index contributed by atoms with van der Waals surface area (Å²) in [5.74, 6) is 0. The quantitative estimate of drug-likeness (QED) is 0.763. The van der Waals surface area contributed by atoms with Gasteiger partial charge < -0.3 is 0 Å². The van der Waals surface area contributed by atoms with E-state index in [4.69, 9.17) is 11.6 Å². The molecule has 0 saturated heterocycles. The summed E-state index contributed by atoms with van der Waals surface area (Å²) in [7, 11) is 1.66. The number of aryl methyl sites for hydroxylation is 2. The van der Waals surface area contributed by atoms with Crippen LogP contribution < -0.4 is 5.69 Å². The summed E-state index contributed by atoms with van der Waals surface area (Å²) in [4.78, 5) is 27.4. The molecule has 0 unspecified atom stereocenters. The molecule has 1 aliphatic carbocycles. The summed E-state index contributed by atoms with van der Waals surface area (Å²) >= 11 is 6.20. The van der Waals surface area contributed by atoms with Crippen LogP contribution in [0.3, 0.4) is 0 Å². The van der Waals surface area contributed by atoms with Crippen molar-refractivity contribution in [3.05, 3.63) is 33.1 Å². The predicted octanol–water partition coefficient (Wildman–Crippen LogP) is 2.26. The Morgan fingerprint density at radius 3 is 2.58 bits per heavy atom. The highest BCUT2D eigenvalue weighted by molar-refractivity contribution is 6.31. The molecule has 0 aromatic carbocycles. The molecule has 140 valence electrons. The topological polar surface area (TPSA) is 90.8 Å². The van der Waals surface area contributed by atoms with Gasteiger partial charge in [0.05, 0.1) is 5.69 Å². The normalized spacial score (nSPS) is 14.6. The molecule has 0 bridgehead atoms. The zero-order valence-electron chi connectivity index (χ0n) is 15.3. The maximum Gasteiger partial charge on any atom is 0.377 e. The number of amides is 1. The van der Waals surface area contributed by atoms with Crippen molar-refractivity contribution in [2.75, 3.05) is 0 Å². The highest BCUT2D eigenvalue weighted by Gasteiger charge is 2.28. The standard InChI is InChI=1S/C16H22ClN7O2/c1-10(2)22(12-8-6-5-7-9-12)15(25)24-16(26)23(19-20-24)13-11(3)18-21(4)14(13)17/h8,10H,5-7,9H2,1-4H3. The zero-order valence-corrected chi connectivity index (χ0v) is 16.1. The largest absolute Gasteiger partial charge is 0.377 e. The first-order chi connectivity index (χ1) is 12.3. The fraction of sp³-hybridized carbons (Fsp3) is 0.562. The Bertz CT molecular complexity index is 922. The van der Waals surface area contributed by atoms with Crippen molar-refractivity contribution in [2.45, 2.75) is 52.5 Å². The fourth-order valence-corrected chi connectivity index (χ4v) is 3.44. The molecule has 2 heterocycles. The van der Waals surface area contributed by atoms with Crippen LogP contribution in [-0.4, -0.2) is 46.5 Å². The summed E-state index contributed by atoms with van der Waals surface area (Å²) in [6, 6.07) is -0.616. The summed E-state index contributed by atoms with van der Waals surface area (Å²) in [5.41, 5.74) is 1.10. The molecule has 0 aliphatic heterocycles. The Kier molecular flexibility index (Phi) is 4.99. The third-order valence-corrected chi connectivity index (χ3v) is 4.82. The molecule has 1 amide bonds. The van der Waals surface area contributed by atoms with E-state index in [2.05, 4.69) is 21.6 Å². The lowest BCUT2D eigenvalue weighted by Gasteiger charge is -2.30. The summed E-state index contributed by atoms with van der Waals surface area (Å²) in [5, 5.41) is 12.0. The van der Waals surface area contributed by atoms with Gasteiger partial charge in [-0.05, 0) is 56.9 Å². The molecule has 0 spiro atoms. The van der Waals surface area contributed by atoms with E-state index in [1.54, 1.807) is 18.9 Å². The lowest BCUT2D eigenvalue weighted by molar-refractivity contribution is 0.194. The van der Waals surface area contributed by atoms with Gasteiger partial charge in [0.25, 0.3) is 0 Å². The van der Waals surface area contributed by atoms with Gasteiger partial charge in [0, 0.05) is 18.8 Å². The van der Waals surface area contributed by atoms with Crippen LogP contribution in [0, 0.1) is 6.92 Å². The van der Waals surface area contributed by atoms with Crippen molar-refractivity contribution in [3.63, 3.8) is 0 Å². The second-order valence-electron chi connectivity index (χ2n) is 6.62. The highest BCUT2D eigenvalue weighted by atomic mass is 35.5. The van der Waals surface area contributed by atoms with E-state index in [9.17, 15) is 9.59 Å². The van der Waals surface area contributed by atoms with Gasteiger partial charge >= 0.3 is 11.7 Å². The molecule has 0 atom stereocenters. The third-order valence-electron chi connectivity index (χ3n) is 4.40. The second kappa shape index (κ2) is 7.06. The van der Waals surface area contributed by atoms with E-state index in [0.717, 1.165) is 40.7 Å². The summed E-state index contributed by atoms with van der Waals surface area (Å²) in [6.45, 7) is 5.53. The molecule has 0 fully saturated rings. The second-order valence-corrected chi connectivity index (χ2v) is 6.98. The molecule has 2 aromatic heterocycles. The van der Waals surface area contributed by atoms with Crippen LogP contribution >= 0.6 is 11.6 Å². The maximum absolute atomic E-state index is 13.0. The van der Waals surface area contributed by atoms with Crippen molar-refractivity contribution >= 4 is 17.6 Å². The first-order valence-electron chi connectivity index (χ1n) is 8.60. The van der Waals surface area contributed by atoms with Crippen LogP contribution in [0.2, 0.25) is 5.15 Å². The number of rotatable bonds is 3. The third kappa shape index (κ3) is 3.07. The average molecular weight is 380 g/mol. The molecular weight excluding hydrogens is 358 g/mol. The Labute approximate surface area is 155 Å². The number of carbonyl (C=O) groups excluding carboxylic acids is 1. The van der Waals surface area contributed by atoms with Crippen LogP contribution in [0.1, 0.15) is 45.2 Å². The van der Waals surface area contributed by atoms with E-state index in [-0.39, 0.29) is 11.2 Å². The molecule has 0 saturated carbocycles. The molecule has 0 N–H and O–H groups in total. The monoisotopic (exact) mass is 379 g/mol. The molecule has 1 aliphatic rings. The van der Waals surface area contributed by atoms with Gasteiger partial charge in [-0.25, -0.2) is 9.59 Å². The van der Waals surface area contributed by atoms with E-state index < -0.39 is 11.7 Å². The Morgan fingerprint density at radius 1 is 1.31 bits per heavy atom. The van der Waals surface area contributed by atoms with Gasteiger partial charge in [0.15, 0.2) is 5.15 Å². The van der Waals surface area contributed by atoms with Crippen molar-refractivity contribution in [3.8, 4) is 5.69 Å². The number of nitrogens with zero attached hydrogens (tertiary/aromatic N) is 7. The molecule has 0 radical (unpaired) electrons. The average Bonchev–Trinajstić information content (AvgIpc) is 3.08. The SMILES string of the molecule is Cc1nn(C)c(Cl)c1-n1nnn(C(=O)N(C2=CCCCC2)C(C)C)c1=O. The highest BCUT2D eigenvalue weighted by Crippen LogP contribution is 2.24. The fourth-order valence-electron chi connectivity index (χ4n) is 3.18. The first-order valence-corrected chi connectivity index (χ1v) is 8.97. The first kappa shape index (κ1) is 18.4. The summed E-state index contributed by atoms with van der Waals surface area (Å²) in [6.07, 6.45) is 5.92. The van der Waals surface area contributed by atoms with E-state index in [0.29, 0.717) is 11.4 Å².